The number of para-hydroxylation sites is 2. The fourth-order valence-electron chi connectivity index (χ4n) is 2.33. The van der Waals surface area contributed by atoms with Crippen molar-refractivity contribution in [3.63, 3.8) is 0 Å². The van der Waals surface area contributed by atoms with E-state index in [1.807, 2.05) is 0 Å². The second kappa shape index (κ2) is 6.93. The zero-order valence-electron chi connectivity index (χ0n) is 11.0. The average Bonchev–Trinajstić information content (AvgIpc) is 2.73. The van der Waals surface area contributed by atoms with Crippen molar-refractivity contribution in [2.75, 3.05) is 5.33 Å². The predicted molar refractivity (Wildman–Crippen MR) is 81.4 cm³/mol. The molecule has 0 fully saturated rings. The Labute approximate surface area is 118 Å². The van der Waals surface area contributed by atoms with Crippen LogP contribution in [-0.2, 0) is 13.0 Å². The molecule has 0 N–H and O–H groups in total. The van der Waals surface area contributed by atoms with Gasteiger partial charge in [-0.05, 0) is 31.4 Å². The highest BCUT2D eigenvalue weighted by Crippen LogP contribution is 2.18. The van der Waals surface area contributed by atoms with Gasteiger partial charge in [0, 0.05) is 18.3 Å². The Morgan fingerprint density at radius 3 is 2.78 bits per heavy atom. The zero-order chi connectivity index (χ0) is 12.8. The van der Waals surface area contributed by atoms with Gasteiger partial charge in [0.05, 0.1) is 11.0 Å². The molecule has 1 aromatic carbocycles. The molecule has 0 saturated heterocycles. The second-order valence-electron chi connectivity index (χ2n) is 4.67. The summed E-state index contributed by atoms with van der Waals surface area (Å²) in [5, 5.41) is 1.11. The first kappa shape index (κ1) is 13.6. The predicted octanol–water partition coefficient (Wildman–Crippen LogP) is 4.55. The van der Waals surface area contributed by atoms with Crippen molar-refractivity contribution in [1.29, 1.82) is 0 Å². The number of halogens is 1. The summed E-state index contributed by atoms with van der Waals surface area (Å²) in [6.07, 6.45) is 6.01. The molecule has 0 atom stereocenters. The number of imidazole rings is 1. The lowest BCUT2D eigenvalue weighted by atomic mass is 10.2. The summed E-state index contributed by atoms with van der Waals surface area (Å²) in [6.45, 7) is 3.32. The van der Waals surface area contributed by atoms with E-state index in [-0.39, 0.29) is 0 Å². The highest BCUT2D eigenvalue weighted by Gasteiger charge is 2.08. The van der Waals surface area contributed by atoms with Crippen LogP contribution in [0.5, 0.6) is 0 Å². The van der Waals surface area contributed by atoms with Gasteiger partial charge >= 0.3 is 0 Å². The number of unbranched alkanes of at least 4 members (excludes halogenated alkanes) is 2. The van der Waals surface area contributed by atoms with E-state index in [2.05, 4.69) is 51.7 Å². The van der Waals surface area contributed by atoms with Gasteiger partial charge in [0.15, 0.2) is 0 Å². The first-order valence-electron chi connectivity index (χ1n) is 6.87. The Morgan fingerprint density at radius 1 is 1.17 bits per heavy atom. The topological polar surface area (TPSA) is 17.8 Å². The van der Waals surface area contributed by atoms with Crippen molar-refractivity contribution < 1.29 is 0 Å². The van der Waals surface area contributed by atoms with Crippen LogP contribution < -0.4 is 0 Å². The van der Waals surface area contributed by atoms with Crippen molar-refractivity contribution in [3.05, 3.63) is 30.1 Å². The number of hydrogen-bond donors (Lipinski definition) is 0. The number of benzene rings is 1. The largest absolute Gasteiger partial charge is 0.328 e. The lowest BCUT2D eigenvalue weighted by Gasteiger charge is -2.08. The lowest BCUT2D eigenvalue weighted by Crippen LogP contribution is -2.04. The summed E-state index contributed by atoms with van der Waals surface area (Å²) in [6, 6.07) is 8.48. The molecule has 0 aliphatic heterocycles. The Balaban J connectivity index is 2.19. The van der Waals surface area contributed by atoms with Crippen LogP contribution in [-0.4, -0.2) is 14.9 Å². The van der Waals surface area contributed by atoms with Gasteiger partial charge in [-0.15, -0.1) is 0 Å². The van der Waals surface area contributed by atoms with Gasteiger partial charge in [-0.3, -0.25) is 0 Å². The first-order chi connectivity index (χ1) is 8.86. The number of rotatable bonds is 7. The SMILES string of the molecule is CCCc1nc2ccccc2n1CCCCCBr. The molecule has 0 radical (unpaired) electrons. The van der Waals surface area contributed by atoms with E-state index in [0.29, 0.717) is 0 Å². The Bertz CT molecular complexity index is 490. The molecule has 2 nitrogen and oxygen atoms in total. The fourth-order valence-corrected chi connectivity index (χ4v) is 2.73. The molecule has 0 spiro atoms. The fraction of sp³-hybridized carbons (Fsp3) is 0.533. The number of hydrogen-bond acceptors (Lipinski definition) is 1. The molecule has 2 rings (SSSR count). The van der Waals surface area contributed by atoms with Gasteiger partial charge in [0.1, 0.15) is 5.82 Å². The van der Waals surface area contributed by atoms with E-state index in [0.717, 1.165) is 30.2 Å². The minimum Gasteiger partial charge on any atom is -0.328 e. The first-order valence-corrected chi connectivity index (χ1v) is 7.99. The Morgan fingerprint density at radius 2 is 2.00 bits per heavy atom. The molecule has 98 valence electrons. The minimum atomic E-state index is 1.08. The van der Waals surface area contributed by atoms with E-state index in [1.165, 1.54) is 30.6 Å². The van der Waals surface area contributed by atoms with Gasteiger partial charge < -0.3 is 4.57 Å². The standard InChI is InChI=1S/C15H21BrN2/c1-2-8-15-17-13-9-4-5-10-14(13)18(15)12-7-3-6-11-16/h4-5,9-10H,2-3,6-8,11-12H2,1H3. The van der Waals surface area contributed by atoms with Crippen LogP contribution in [0.4, 0.5) is 0 Å². The van der Waals surface area contributed by atoms with E-state index >= 15 is 0 Å². The van der Waals surface area contributed by atoms with Gasteiger partial charge in [-0.1, -0.05) is 41.4 Å². The summed E-state index contributed by atoms with van der Waals surface area (Å²) in [4.78, 5) is 4.76. The summed E-state index contributed by atoms with van der Waals surface area (Å²) < 4.78 is 2.41. The molecule has 0 bridgehead atoms. The van der Waals surface area contributed by atoms with Crippen molar-refractivity contribution in [3.8, 4) is 0 Å². The molecule has 1 aromatic heterocycles. The molecular formula is C15H21BrN2. The number of fused-ring (bicyclic) bond motifs is 1. The van der Waals surface area contributed by atoms with E-state index in [4.69, 9.17) is 4.98 Å². The van der Waals surface area contributed by atoms with E-state index in [9.17, 15) is 0 Å². The maximum absolute atomic E-state index is 4.76. The number of aryl methyl sites for hydroxylation is 2. The van der Waals surface area contributed by atoms with Crippen molar-refractivity contribution >= 4 is 27.0 Å². The second-order valence-corrected chi connectivity index (χ2v) is 5.46. The average molecular weight is 309 g/mol. The van der Waals surface area contributed by atoms with Crippen LogP contribution in [0.15, 0.2) is 24.3 Å². The quantitative estimate of drug-likeness (QED) is 0.542. The maximum atomic E-state index is 4.76. The molecule has 18 heavy (non-hydrogen) atoms. The maximum Gasteiger partial charge on any atom is 0.109 e. The number of alkyl halides is 1. The molecule has 0 aliphatic carbocycles. The third-order valence-electron chi connectivity index (χ3n) is 3.22. The molecule has 0 saturated carbocycles. The van der Waals surface area contributed by atoms with Gasteiger partial charge in [-0.25, -0.2) is 4.98 Å². The smallest absolute Gasteiger partial charge is 0.109 e. The van der Waals surface area contributed by atoms with Crippen molar-refractivity contribution in [2.24, 2.45) is 0 Å². The Hall–Kier alpha value is -0.830. The summed E-state index contributed by atoms with van der Waals surface area (Å²) in [7, 11) is 0. The van der Waals surface area contributed by atoms with Crippen LogP contribution in [0.2, 0.25) is 0 Å². The number of aromatic nitrogens is 2. The molecule has 0 amide bonds. The molecule has 2 aromatic rings. The van der Waals surface area contributed by atoms with Crippen LogP contribution in [0.1, 0.15) is 38.4 Å². The molecular weight excluding hydrogens is 288 g/mol. The molecule has 1 heterocycles. The van der Waals surface area contributed by atoms with E-state index < -0.39 is 0 Å². The summed E-state index contributed by atoms with van der Waals surface area (Å²) in [5.74, 6) is 1.25. The summed E-state index contributed by atoms with van der Waals surface area (Å²) in [5.41, 5.74) is 2.43. The van der Waals surface area contributed by atoms with Gasteiger partial charge in [0.2, 0.25) is 0 Å². The summed E-state index contributed by atoms with van der Waals surface area (Å²) >= 11 is 3.49. The minimum absolute atomic E-state index is 1.08. The number of nitrogens with zero attached hydrogens (tertiary/aromatic N) is 2. The monoisotopic (exact) mass is 308 g/mol. The van der Waals surface area contributed by atoms with Gasteiger partial charge in [-0.2, -0.15) is 0 Å². The van der Waals surface area contributed by atoms with Crippen LogP contribution >= 0.6 is 15.9 Å². The van der Waals surface area contributed by atoms with E-state index in [1.54, 1.807) is 0 Å². The molecule has 3 heteroatoms. The Kier molecular flexibility index (Phi) is 5.24. The van der Waals surface area contributed by atoms with Gasteiger partial charge in [0.25, 0.3) is 0 Å². The highest BCUT2D eigenvalue weighted by atomic mass is 79.9. The van der Waals surface area contributed by atoms with Crippen molar-refractivity contribution in [2.45, 2.75) is 45.6 Å². The lowest BCUT2D eigenvalue weighted by molar-refractivity contribution is 0.590. The molecule has 0 unspecified atom stereocenters. The van der Waals surface area contributed by atoms with Crippen molar-refractivity contribution in [1.82, 2.24) is 9.55 Å². The van der Waals surface area contributed by atoms with Crippen LogP contribution in [0.25, 0.3) is 11.0 Å². The van der Waals surface area contributed by atoms with Crippen LogP contribution in [0, 0.1) is 0 Å². The molecule has 0 aliphatic rings. The third kappa shape index (κ3) is 3.14. The normalized spacial score (nSPS) is 11.2. The zero-order valence-corrected chi connectivity index (χ0v) is 12.6. The third-order valence-corrected chi connectivity index (χ3v) is 3.78. The van der Waals surface area contributed by atoms with Crippen LogP contribution in [0.3, 0.4) is 0 Å². The highest BCUT2D eigenvalue weighted by molar-refractivity contribution is 9.09.